The van der Waals surface area contributed by atoms with Gasteiger partial charge in [-0.05, 0) is 6.92 Å². The van der Waals surface area contributed by atoms with Crippen molar-refractivity contribution in [3.8, 4) is 0 Å². The van der Waals surface area contributed by atoms with Crippen LogP contribution in [0.5, 0.6) is 0 Å². The average Bonchev–Trinajstić information content (AvgIpc) is 1.64. The van der Waals surface area contributed by atoms with Crippen LogP contribution >= 0.6 is 0 Å². The topological polar surface area (TPSA) is 80.6 Å². The van der Waals surface area contributed by atoms with Gasteiger partial charge in [0.15, 0.2) is 0 Å². The van der Waals surface area contributed by atoms with E-state index in [1.807, 2.05) is 0 Å². The Hall–Kier alpha value is 0.390. The second-order valence-corrected chi connectivity index (χ2v) is 1.50. The zero-order chi connectivity index (χ0) is 6.73. The van der Waals surface area contributed by atoms with Crippen LogP contribution in [0.1, 0.15) is 6.92 Å². The standard InChI is InChI=1S/C4H8O4.Na/c1-2(5)3(6)4(7)8;/h2-3,5-6H,1H3,(H,7,8);/q;+1/p-1. The van der Waals surface area contributed by atoms with E-state index < -0.39 is 18.2 Å². The quantitative estimate of drug-likeness (QED) is 0.377. The van der Waals surface area contributed by atoms with Gasteiger partial charge in [0.25, 0.3) is 0 Å². The number of aliphatic hydroxyl groups is 2. The van der Waals surface area contributed by atoms with E-state index in [2.05, 4.69) is 0 Å². The fourth-order valence-corrected chi connectivity index (χ4v) is 0.197. The molecule has 0 aromatic heterocycles. The van der Waals surface area contributed by atoms with Crippen LogP contribution in [0.2, 0.25) is 0 Å². The van der Waals surface area contributed by atoms with Crippen molar-refractivity contribution in [1.82, 2.24) is 0 Å². The van der Waals surface area contributed by atoms with Gasteiger partial charge in [-0.2, -0.15) is 0 Å². The Morgan fingerprint density at radius 2 is 1.89 bits per heavy atom. The van der Waals surface area contributed by atoms with E-state index in [9.17, 15) is 9.90 Å². The average molecular weight is 142 g/mol. The molecule has 0 saturated carbocycles. The summed E-state index contributed by atoms with van der Waals surface area (Å²) in [6.45, 7) is 1.17. The van der Waals surface area contributed by atoms with Crippen molar-refractivity contribution in [3.63, 3.8) is 0 Å². The number of hydrogen-bond acceptors (Lipinski definition) is 4. The maximum absolute atomic E-state index is 9.62. The number of aliphatic hydroxyl groups excluding tert-OH is 2. The number of hydrogen-bond donors (Lipinski definition) is 2. The Labute approximate surface area is 74.8 Å². The van der Waals surface area contributed by atoms with Crippen LogP contribution in [0.4, 0.5) is 0 Å². The Balaban J connectivity index is 0. The van der Waals surface area contributed by atoms with Gasteiger partial charge in [-0.25, -0.2) is 0 Å². The monoisotopic (exact) mass is 142 g/mol. The van der Waals surface area contributed by atoms with Gasteiger partial charge >= 0.3 is 29.6 Å². The van der Waals surface area contributed by atoms with Gasteiger partial charge in [0.2, 0.25) is 0 Å². The summed E-state index contributed by atoms with van der Waals surface area (Å²) in [5, 5.41) is 26.2. The first-order valence-electron chi connectivity index (χ1n) is 2.12. The fraction of sp³-hybridized carbons (Fsp3) is 0.750. The molecular formula is C4H7NaO4. The number of carbonyl (C=O) groups is 1. The SMILES string of the molecule is CC(O)C(O)C(=O)[O-].[Na+]. The Kier molecular flexibility index (Phi) is 6.99. The molecular weight excluding hydrogens is 135 g/mol. The second-order valence-electron chi connectivity index (χ2n) is 1.50. The van der Waals surface area contributed by atoms with Gasteiger partial charge in [-0.15, -0.1) is 0 Å². The zero-order valence-electron chi connectivity index (χ0n) is 5.37. The summed E-state index contributed by atoms with van der Waals surface area (Å²) in [7, 11) is 0. The van der Waals surface area contributed by atoms with Crippen LogP contribution in [-0.2, 0) is 4.79 Å². The summed E-state index contributed by atoms with van der Waals surface area (Å²) in [5.41, 5.74) is 0. The Morgan fingerprint density at radius 3 is 1.89 bits per heavy atom. The number of carbonyl (C=O) groups excluding carboxylic acids is 1. The molecule has 48 valence electrons. The molecule has 5 heteroatoms. The molecule has 0 amide bonds. The molecule has 0 aromatic carbocycles. The van der Waals surface area contributed by atoms with Gasteiger partial charge < -0.3 is 20.1 Å². The summed E-state index contributed by atoms with van der Waals surface area (Å²) >= 11 is 0. The number of rotatable bonds is 2. The van der Waals surface area contributed by atoms with Gasteiger partial charge in [0.1, 0.15) is 6.10 Å². The van der Waals surface area contributed by atoms with E-state index in [4.69, 9.17) is 10.2 Å². The fourth-order valence-electron chi connectivity index (χ4n) is 0.197. The molecule has 2 unspecified atom stereocenters. The third-order valence-corrected chi connectivity index (χ3v) is 0.698. The second kappa shape index (κ2) is 5.20. The Morgan fingerprint density at radius 1 is 1.56 bits per heavy atom. The third-order valence-electron chi connectivity index (χ3n) is 0.698. The van der Waals surface area contributed by atoms with E-state index in [0.717, 1.165) is 0 Å². The minimum Gasteiger partial charge on any atom is -0.547 e. The molecule has 2 atom stereocenters. The van der Waals surface area contributed by atoms with Crippen LogP contribution < -0.4 is 34.7 Å². The van der Waals surface area contributed by atoms with Crippen molar-refractivity contribution >= 4 is 5.97 Å². The van der Waals surface area contributed by atoms with Gasteiger partial charge in [-0.1, -0.05) is 0 Å². The minimum absolute atomic E-state index is 0. The van der Waals surface area contributed by atoms with Gasteiger partial charge in [0, 0.05) is 0 Å². The molecule has 0 rings (SSSR count). The Bertz CT molecular complexity index is 92.6. The smallest absolute Gasteiger partial charge is 0.547 e. The van der Waals surface area contributed by atoms with Crippen LogP contribution in [0, 0.1) is 0 Å². The molecule has 0 fully saturated rings. The first kappa shape index (κ1) is 12.1. The van der Waals surface area contributed by atoms with Crippen LogP contribution in [0.25, 0.3) is 0 Å². The predicted molar refractivity (Wildman–Crippen MR) is 22.7 cm³/mol. The van der Waals surface area contributed by atoms with E-state index in [1.165, 1.54) is 6.92 Å². The molecule has 4 nitrogen and oxygen atoms in total. The van der Waals surface area contributed by atoms with E-state index in [-0.39, 0.29) is 29.6 Å². The van der Waals surface area contributed by atoms with E-state index in [0.29, 0.717) is 0 Å². The molecule has 0 aliphatic carbocycles. The largest absolute Gasteiger partial charge is 1.00 e. The number of carboxylic acids is 1. The summed E-state index contributed by atoms with van der Waals surface area (Å²) < 4.78 is 0. The molecule has 2 N–H and O–H groups in total. The minimum atomic E-state index is -1.77. The van der Waals surface area contributed by atoms with Crippen molar-refractivity contribution in [2.45, 2.75) is 19.1 Å². The summed E-state index contributed by atoms with van der Waals surface area (Å²) in [6, 6.07) is 0. The van der Waals surface area contributed by atoms with Crippen molar-refractivity contribution in [3.05, 3.63) is 0 Å². The normalized spacial score (nSPS) is 15.4. The third kappa shape index (κ3) is 4.87. The number of carboxylic acid groups (broad SMARTS) is 1. The molecule has 0 radical (unpaired) electrons. The molecule has 0 saturated heterocycles. The number of aliphatic carboxylic acids is 1. The van der Waals surface area contributed by atoms with Gasteiger partial charge in [-0.3, -0.25) is 0 Å². The van der Waals surface area contributed by atoms with Crippen molar-refractivity contribution < 1.29 is 49.7 Å². The maximum Gasteiger partial charge on any atom is 1.00 e. The molecule has 0 heterocycles. The van der Waals surface area contributed by atoms with Crippen molar-refractivity contribution in [2.24, 2.45) is 0 Å². The van der Waals surface area contributed by atoms with Crippen LogP contribution in [0.15, 0.2) is 0 Å². The molecule has 0 aliphatic heterocycles. The van der Waals surface area contributed by atoms with Gasteiger partial charge in [0.05, 0.1) is 12.1 Å². The first-order valence-corrected chi connectivity index (χ1v) is 2.12. The summed E-state index contributed by atoms with van der Waals surface area (Å²) in [6.07, 6.45) is -3.03. The first-order chi connectivity index (χ1) is 3.55. The van der Waals surface area contributed by atoms with E-state index >= 15 is 0 Å². The molecule has 0 spiro atoms. The summed E-state index contributed by atoms with van der Waals surface area (Å²) in [4.78, 5) is 9.62. The predicted octanol–water partition coefficient (Wildman–Crippen LogP) is -5.52. The van der Waals surface area contributed by atoms with E-state index in [1.54, 1.807) is 0 Å². The molecule has 0 bridgehead atoms. The molecule has 9 heavy (non-hydrogen) atoms. The zero-order valence-corrected chi connectivity index (χ0v) is 7.37. The molecule has 0 aromatic rings. The van der Waals surface area contributed by atoms with Crippen molar-refractivity contribution in [2.75, 3.05) is 0 Å². The van der Waals surface area contributed by atoms with Crippen LogP contribution in [0.3, 0.4) is 0 Å². The summed E-state index contributed by atoms with van der Waals surface area (Å²) in [5.74, 6) is -1.65. The van der Waals surface area contributed by atoms with Crippen LogP contribution in [-0.4, -0.2) is 28.4 Å². The molecule has 0 aliphatic rings. The van der Waals surface area contributed by atoms with Crippen molar-refractivity contribution in [1.29, 1.82) is 0 Å². The maximum atomic E-state index is 9.62.